The van der Waals surface area contributed by atoms with Crippen LogP contribution in [-0.2, 0) is 9.47 Å². The highest BCUT2D eigenvalue weighted by atomic mass is 16.5. The van der Waals surface area contributed by atoms with Gasteiger partial charge in [0.15, 0.2) is 11.2 Å². The number of methoxy groups -OCH3 is 1. The lowest BCUT2D eigenvalue weighted by Crippen LogP contribution is -2.49. The SMILES string of the molecule is CO[C@@H]1COCC[C@H]1NC(=O)c1cc(=O)c2ccccc2o1. The first kappa shape index (κ1) is 14.7. The molecule has 0 bridgehead atoms. The van der Waals surface area contributed by atoms with E-state index in [0.29, 0.717) is 30.6 Å². The Hall–Kier alpha value is -2.18. The number of nitrogens with one attached hydrogen (secondary N) is 1. The van der Waals surface area contributed by atoms with Crippen molar-refractivity contribution in [2.45, 2.75) is 18.6 Å². The molecule has 1 aromatic carbocycles. The second-order valence-electron chi connectivity index (χ2n) is 5.19. The number of hydrogen-bond acceptors (Lipinski definition) is 5. The van der Waals surface area contributed by atoms with Gasteiger partial charge >= 0.3 is 0 Å². The van der Waals surface area contributed by atoms with Gasteiger partial charge < -0.3 is 19.2 Å². The highest BCUT2D eigenvalue weighted by molar-refractivity contribution is 5.93. The topological polar surface area (TPSA) is 77.8 Å². The number of carbonyl (C=O) groups excluding carboxylic acids is 1. The molecule has 0 saturated carbocycles. The molecule has 1 saturated heterocycles. The van der Waals surface area contributed by atoms with Gasteiger partial charge in [-0.25, -0.2) is 0 Å². The molecule has 6 heteroatoms. The van der Waals surface area contributed by atoms with Crippen LogP contribution in [-0.4, -0.2) is 38.4 Å². The summed E-state index contributed by atoms with van der Waals surface area (Å²) in [5, 5.41) is 3.31. The smallest absolute Gasteiger partial charge is 0.287 e. The van der Waals surface area contributed by atoms with Crippen LogP contribution in [0.4, 0.5) is 0 Å². The van der Waals surface area contributed by atoms with Crippen LogP contribution in [0.25, 0.3) is 11.0 Å². The molecule has 2 atom stereocenters. The first-order chi connectivity index (χ1) is 10.7. The van der Waals surface area contributed by atoms with Crippen molar-refractivity contribution in [3.8, 4) is 0 Å². The number of ether oxygens (including phenoxy) is 2. The predicted molar refractivity (Wildman–Crippen MR) is 80.0 cm³/mol. The lowest BCUT2D eigenvalue weighted by molar-refractivity contribution is -0.0480. The highest BCUT2D eigenvalue weighted by Crippen LogP contribution is 2.14. The van der Waals surface area contributed by atoms with Crippen molar-refractivity contribution in [3.05, 3.63) is 46.3 Å². The van der Waals surface area contributed by atoms with Crippen molar-refractivity contribution in [2.75, 3.05) is 20.3 Å². The fourth-order valence-corrected chi connectivity index (χ4v) is 2.56. The number of fused-ring (bicyclic) bond motifs is 1. The molecule has 0 aliphatic carbocycles. The summed E-state index contributed by atoms with van der Waals surface area (Å²) >= 11 is 0. The van der Waals surface area contributed by atoms with E-state index in [2.05, 4.69) is 5.32 Å². The number of hydrogen-bond donors (Lipinski definition) is 1. The summed E-state index contributed by atoms with van der Waals surface area (Å²) in [6.45, 7) is 0.996. The molecule has 0 unspecified atom stereocenters. The van der Waals surface area contributed by atoms with Gasteiger partial charge in [0, 0.05) is 19.8 Å². The molecular weight excluding hydrogens is 286 g/mol. The lowest BCUT2D eigenvalue weighted by atomic mass is 10.1. The quantitative estimate of drug-likeness (QED) is 0.925. The second kappa shape index (κ2) is 6.29. The molecule has 1 N–H and O–H groups in total. The van der Waals surface area contributed by atoms with Gasteiger partial charge in [-0.15, -0.1) is 0 Å². The van der Waals surface area contributed by atoms with E-state index in [1.165, 1.54) is 6.07 Å². The Labute approximate surface area is 127 Å². The van der Waals surface area contributed by atoms with Gasteiger partial charge in [-0.3, -0.25) is 9.59 Å². The van der Waals surface area contributed by atoms with Crippen LogP contribution in [0, 0.1) is 0 Å². The van der Waals surface area contributed by atoms with Gasteiger partial charge in [-0.05, 0) is 18.6 Å². The standard InChI is InChI=1S/C16H17NO5/c1-20-15-9-21-7-6-11(15)17-16(19)14-8-12(18)10-4-2-3-5-13(10)22-14/h2-5,8,11,15H,6-7,9H2,1H3,(H,17,19)/t11-,15-/m1/s1. The number of benzene rings is 1. The minimum Gasteiger partial charge on any atom is -0.451 e. The lowest BCUT2D eigenvalue weighted by Gasteiger charge is -2.30. The summed E-state index contributed by atoms with van der Waals surface area (Å²) in [6.07, 6.45) is 0.451. The van der Waals surface area contributed by atoms with E-state index in [1.54, 1.807) is 31.4 Å². The van der Waals surface area contributed by atoms with E-state index in [4.69, 9.17) is 13.9 Å². The maximum absolute atomic E-state index is 12.3. The van der Waals surface area contributed by atoms with Gasteiger partial charge in [-0.2, -0.15) is 0 Å². The van der Waals surface area contributed by atoms with Crippen LogP contribution in [0.1, 0.15) is 17.0 Å². The van der Waals surface area contributed by atoms with Crippen LogP contribution >= 0.6 is 0 Å². The third-order valence-electron chi connectivity index (χ3n) is 3.78. The maximum atomic E-state index is 12.3. The molecular formula is C16H17NO5. The Morgan fingerprint density at radius 1 is 1.36 bits per heavy atom. The zero-order valence-electron chi connectivity index (χ0n) is 12.2. The maximum Gasteiger partial charge on any atom is 0.287 e. The molecule has 1 aromatic heterocycles. The summed E-state index contributed by atoms with van der Waals surface area (Å²) in [5.41, 5.74) is 0.165. The third kappa shape index (κ3) is 2.88. The molecule has 116 valence electrons. The normalized spacial score (nSPS) is 21.7. The molecule has 2 aromatic rings. The number of carbonyl (C=O) groups is 1. The van der Waals surface area contributed by atoms with Crippen LogP contribution in [0.3, 0.4) is 0 Å². The molecule has 3 rings (SSSR count). The van der Waals surface area contributed by atoms with Crippen LogP contribution in [0.15, 0.2) is 39.5 Å². The Balaban J connectivity index is 1.84. The Morgan fingerprint density at radius 3 is 3.00 bits per heavy atom. The average molecular weight is 303 g/mol. The fraction of sp³-hybridized carbons (Fsp3) is 0.375. The van der Waals surface area contributed by atoms with E-state index < -0.39 is 5.91 Å². The van der Waals surface area contributed by atoms with Gasteiger partial charge in [0.2, 0.25) is 0 Å². The van der Waals surface area contributed by atoms with E-state index in [1.807, 2.05) is 0 Å². The van der Waals surface area contributed by atoms with Gasteiger partial charge in [0.25, 0.3) is 5.91 Å². The van der Waals surface area contributed by atoms with Crippen molar-refractivity contribution in [2.24, 2.45) is 0 Å². The number of para-hydroxylation sites is 1. The summed E-state index contributed by atoms with van der Waals surface area (Å²) in [4.78, 5) is 24.4. The van der Waals surface area contributed by atoms with E-state index in [0.717, 1.165) is 0 Å². The predicted octanol–water partition coefficient (Wildman–Crippen LogP) is 1.33. The molecule has 1 amide bonds. The van der Waals surface area contributed by atoms with Crippen molar-refractivity contribution >= 4 is 16.9 Å². The molecule has 22 heavy (non-hydrogen) atoms. The number of amides is 1. The third-order valence-corrected chi connectivity index (χ3v) is 3.78. The molecule has 1 fully saturated rings. The van der Waals surface area contributed by atoms with E-state index >= 15 is 0 Å². The first-order valence-corrected chi connectivity index (χ1v) is 7.13. The highest BCUT2D eigenvalue weighted by Gasteiger charge is 2.28. The molecule has 0 radical (unpaired) electrons. The van der Waals surface area contributed by atoms with Gasteiger partial charge in [-0.1, -0.05) is 12.1 Å². The minimum absolute atomic E-state index is 0.00467. The minimum atomic E-state index is -0.420. The van der Waals surface area contributed by atoms with Gasteiger partial charge in [0.05, 0.1) is 18.0 Å². The van der Waals surface area contributed by atoms with Crippen molar-refractivity contribution in [1.82, 2.24) is 5.32 Å². The van der Waals surface area contributed by atoms with Crippen LogP contribution in [0.2, 0.25) is 0 Å². The second-order valence-corrected chi connectivity index (χ2v) is 5.19. The summed E-state index contributed by atoms with van der Waals surface area (Å²) < 4.78 is 16.2. The Morgan fingerprint density at radius 2 is 2.18 bits per heavy atom. The fourth-order valence-electron chi connectivity index (χ4n) is 2.56. The Kier molecular flexibility index (Phi) is 4.22. The summed E-state index contributed by atoms with van der Waals surface area (Å²) in [7, 11) is 1.58. The van der Waals surface area contributed by atoms with Gasteiger partial charge in [0.1, 0.15) is 11.7 Å². The summed E-state index contributed by atoms with van der Waals surface area (Å²) in [5.74, 6) is -0.415. The van der Waals surface area contributed by atoms with Crippen LogP contribution in [0.5, 0.6) is 0 Å². The average Bonchev–Trinajstić information content (AvgIpc) is 2.55. The van der Waals surface area contributed by atoms with Crippen molar-refractivity contribution < 1.29 is 18.7 Å². The van der Waals surface area contributed by atoms with Crippen molar-refractivity contribution in [1.29, 1.82) is 0 Å². The molecule has 1 aliphatic rings. The van der Waals surface area contributed by atoms with E-state index in [9.17, 15) is 9.59 Å². The molecule has 0 spiro atoms. The van der Waals surface area contributed by atoms with E-state index in [-0.39, 0.29) is 23.3 Å². The molecule has 1 aliphatic heterocycles. The zero-order valence-corrected chi connectivity index (χ0v) is 12.2. The molecule has 6 nitrogen and oxygen atoms in total. The number of rotatable bonds is 3. The Bertz CT molecular complexity index is 739. The first-order valence-electron chi connectivity index (χ1n) is 7.13. The molecule has 2 heterocycles. The monoisotopic (exact) mass is 303 g/mol. The van der Waals surface area contributed by atoms with Crippen molar-refractivity contribution in [3.63, 3.8) is 0 Å². The zero-order chi connectivity index (χ0) is 15.5. The summed E-state index contributed by atoms with van der Waals surface area (Å²) in [6, 6.07) is 7.90. The largest absolute Gasteiger partial charge is 0.451 e. The van der Waals surface area contributed by atoms with Crippen LogP contribution < -0.4 is 10.7 Å².